The second kappa shape index (κ2) is 9.48. The Balaban J connectivity index is 0.00000200. The van der Waals surface area contributed by atoms with E-state index < -0.39 is 0 Å². The molecule has 0 aliphatic rings. The Morgan fingerprint density at radius 1 is 1.05 bits per heavy atom. The van der Waals surface area contributed by atoms with Gasteiger partial charge in [0.25, 0.3) is 0 Å². The molecule has 0 saturated carbocycles. The number of ether oxygens (including phenoxy) is 1. The first-order valence-corrected chi connectivity index (χ1v) is 6.59. The monoisotopic (exact) mass is 291 g/mol. The number of pyridine rings is 1. The standard InChI is InChI=1S/C16H20N2O.ClH/c1-19-13-5-10-18-16(14-6-3-2-4-7-14)15-8-11-17-12-9-15;/h2-4,6-9,11-12,16,18H,5,10,13H2,1H3;1H/p-1. The van der Waals surface area contributed by atoms with Crippen LogP contribution in [-0.4, -0.2) is 25.2 Å². The Morgan fingerprint density at radius 3 is 2.35 bits per heavy atom. The van der Waals surface area contributed by atoms with Crippen molar-refractivity contribution < 1.29 is 17.1 Å². The number of aromatic nitrogens is 1. The summed E-state index contributed by atoms with van der Waals surface area (Å²) in [5, 5.41) is 3.58. The van der Waals surface area contributed by atoms with E-state index in [9.17, 15) is 0 Å². The number of benzene rings is 1. The van der Waals surface area contributed by atoms with Crippen molar-refractivity contribution in [1.82, 2.24) is 10.3 Å². The zero-order valence-electron chi connectivity index (χ0n) is 11.6. The molecule has 0 aliphatic carbocycles. The maximum atomic E-state index is 5.09. The molecule has 1 N–H and O–H groups in total. The fourth-order valence-corrected chi connectivity index (χ4v) is 2.09. The summed E-state index contributed by atoms with van der Waals surface area (Å²) < 4.78 is 5.09. The van der Waals surface area contributed by atoms with E-state index in [4.69, 9.17) is 4.74 Å². The Kier molecular flexibility index (Phi) is 7.88. The molecule has 1 heterocycles. The lowest BCUT2D eigenvalue weighted by atomic mass is 9.99. The van der Waals surface area contributed by atoms with Gasteiger partial charge in [-0.3, -0.25) is 4.98 Å². The quantitative estimate of drug-likeness (QED) is 0.718. The molecule has 1 aromatic heterocycles. The second-order valence-electron chi connectivity index (χ2n) is 4.42. The van der Waals surface area contributed by atoms with Gasteiger partial charge in [-0.2, -0.15) is 0 Å². The molecule has 0 fully saturated rings. The highest BCUT2D eigenvalue weighted by molar-refractivity contribution is 5.30. The Hall–Kier alpha value is -1.42. The van der Waals surface area contributed by atoms with Crippen LogP contribution in [0.5, 0.6) is 0 Å². The molecule has 0 saturated heterocycles. The van der Waals surface area contributed by atoms with Crippen molar-refractivity contribution in [3.8, 4) is 0 Å². The van der Waals surface area contributed by atoms with Gasteiger partial charge in [-0.15, -0.1) is 0 Å². The van der Waals surface area contributed by atoms with Gasteiger partial charge in [-0.25, -0.2) is 0 Å². The van der Waals surface area contributed by atoms with Crippen LogP contribution in [0, 0.1) is 0 Å². The summed E-state index contributed by atoms with van der Waals surface area (Å²) >= 11 is 0. The molecule has 2 rings (SSSR count). The predicted molar refractivity (Wildman–Crippen MR) is 77.0 cm³/mol. The molecule has 0 amide bonds. The summed E-state index contributed by atoms with van der Waals surface area (Å²) in [6, 6.07) is 14.8. The third-order valence-electron chi connectivity index (χ3n) is 3.05. The van der Waals surface area contributed by atoms with E-state index in [1.54, 1.807) is 7.11 Å². The highest BCUT2D eigenvalue weighted by Crippen LogP contribution is 2.20. The van der Waals surface area contributed by atoms with Crippen LogP contribution in [0.4, 0.5) is 0 Å². The molecule has 0 spiro atoms. The number of nitrogens with zero attached hydrogens (tertiary/aromatic N) is 1. The maximum Gasteiger partial charge on any atom is 0.0577 e. The van der Waals surface area contributed by atoms with Gasteiger partial charge >= 0.3 is 0 Å². The molecule has 0 radical (unpaired) electrons. The first-order valence-electron chi connectivity index (χ1n) is 6.59. The molecule has 1 atom stereocenters. The third kappa shape index (κ3) is 4.93. The maximum absolute atomic E-state index is 5.09. The first kappa shape index (κ1) is 16.6. The van der Waals surface area contributed by atoms with Crippen LogP contribution in [0.3, 0.4) is 0 Å². The fraction of sp³-hybridized carbons (Fsp3) is 0.312. The zero-order chi connectivity index (χ0) is 13.3. The number of halogens is 1. The smallest absolute Gasteiger partial charge is 0.0577 e. The van der Waals surface area contributed by atoms with Gasteiger partial charge in [0, 0.05) is 26.1 Å². The van der Waals surface area contributed by atoms with Gasteiger partial charge < -0.3 is 22.5 Å². The van der Waals surface area contributed by atoms with Crippen LogP contribution in [0.1, 0.15) is 23.6 Å². The van der Waals surface area contributed by atoms with Crippen molar-refractivity contribution >= 4 is 0 Å². The lowest BCUT2D eigenvalue weighted by Gasteiger charge is -2.19. The average Bonchev–Trinajstić information content (AvgIpc) is 2.49. The SMILES string of the molecule is COCCCNC(c1ccccc1)c1ccncc1.[Cl-]. The van der Waals surface area contributed by atoms with Gasteiger partial charge in [-0.1, -0.05) is 30.3 Å². The third-order valence-corrected chi connectivity index (χ3v) is 3.05. The molecular weight excluding hydrogens is 272 g/mol. The van der Waals surface area contributed by atoms with E-state index in [1.165, 1.54) is 11.1 Å². The highest BCUT2D eigenvalue weighted by Gasteiger charge is 2.12. The second-order valence-corrected chi connectivity index (χ2v) is 4.42. The minimum atomic E-state index is 0. The molecule has 1 unspecified atom stereocenters. The molecule has 0 bridgehead atoms. The van der Waals surface area contributed by atoms with Gasteiger partial charge in [0.15, 0.2) is 0 Å². The van der Waals surface area contributed by atoms with Gasteiger partial charge in [0.1, 0.15) is 0 Å². The summed E-state index contributed by atoms with van der Waals surface area (Å²) in [5.74, 6) is 0. The first-order chi connectivity index (χ1) is 9.42. The molecule has 2 aromatic rings. The highest BCUT2D eigenvalue weighted by atomic mass is 35.5. The molecular formula is C16H20ClN2O-. The normalized spacial score (nSPS) is 11.7. The van der Waals surface area contributed by atoms with Crippen LogP contribution in [0.25, 0.3) is 0 Å². The summed E-state index contributed by atoms with van der Waals surface area (Å²) in [6.45, 7) is 1.71. The van der Waals surface area contributed by atoms with Crippen molar-refractivity contribution in [1.29, 1.82) is 0 Å². The number of nitrogens with one attached hydrogen (secondary N) is 1. The Bertz CT molecular complexity index is 425. The molecule has 4 heteroatoms. The molecule has 1 aromatic carbocycles. The molecule has 0 aliphatic heterocycles. The predicted octanol–water partition coefficient (Wildman–Crippen LogP) is -0.199. The molecule has 108 valence electrons. The van der Waals surface area contributed by atoms with E-state index in [0.717, 1.165) is 19.6 Å². The van der Waals surface area contributed by atoms with Crippen LogP contribution in [0.15, 0.2) is 54.9 Å². The fourth-order valence-electron chi connectivity index (χ4n) is 2.09. The van der Waals surface area contributed by atoms with Crippen LogP contribution in [-0.2, 0) is 4.74 Å². The summed E-state index contributed by atoms with van der Waals surface area (Å²) in [6.07, 6.45) is 4.68. The van der Waals surface area contributed by atoms with E-state index in [0.29, 0.717) is 0 Å². The van der Waals surface area contributed by atoms with Crippen molar-refractivity contribution in [3.05, 3.63) is 66.0 Å². The van der Waals surface area contributed by atoms with E-state index >= 15 is 0 Å². The minimum Gasteiger partial charge on any atom is -1.00 e. The number of hydrogen-bond acceptors (Lipinski definition) is 3. The van der Waals surface area contributed by atoms with Gasteiger partial charge in [0.05, 0.1) is 6.04 Å². The van der Waals surface area contributed by atoms with E-state index in [1.807, 2.05) is 18.5 Å². The van der Waals surface area contributed by atoms with Crippen molar-refractivity contribution in [2.75, 3.05) is 20.3 Å². The number of hydrogen-bond donors (Lipinski definition) is 1. The van der Waals surface area contributed by atoms with Crippen molar-refractivity contribution in [3.63, 3.8) is 0 Å². The lowest BCUT2D eigenvalue weighted by Crippen LogP contribution is -3.00. The molecule has 3 nitrogen and oxygen atoms in total. The van der Waals surface area contributed by atoms with E-state index in [2.05, 4.69) is 46.7 Å². The van der Waals surface area contributed by atoms with Gasteiger partial charge in [-0.05, 0) is 36.2 Å². The Morgan fingerprint density at radius 2 is 1.70 bits per heavy atom. The summed E-state index contributed by atoms with van der Waals surface area (Å²) in [4.78, 5) is 4.08. The zero-order valence-corrected chi connectivity index (χ0v) is 12.4. The van der Waals surface area contributed by atoms with Gasteiger partial charge in [0.2, 0.25) is 0 Å². The van der Waals surface area contributed by atoms with Crippen LogP contribution in [0.2, 0.25) is 0 Å². The summed E-state index contributed by atoms with van der Waals surface area (Å²) in [7, 11) is 1.73. The van der Waals surface area contributed by atoms with Crippen molar-refractivity contribution in [2.45, 2.75) is 12.5 Å². The van der Waals surface area contributed by atoms with Crippen LogP contribution >= 0.6 is 0 Å². The number of rotatable bonds is 7. The minimum absolute atomic E-state index is 0. The van der Waals surface area contributed by atoms with Crippen LogP contribution < -0.4 is 17.7 Å². The lowest BCUT2D eigenvalue weighted by molar-refractivity contribution is -0.00000434. The average molecular weight is 292 g/mol. The van der Waals surface area contributed by atoms with E-state index in [-0.39, 0.29) is 18.4 Å². The molecule has 20 heavy (non-hydrogen) atoms. The Labute approximate surface area is 126 Å². The number of methoxy groups -OCH3 is 1. The topological polar surface area (TPSA) is 34.1 Å². The summed E-state index contributed by atoms with van der Waals surface area (Å²) in [5.41, 5.74) is 2.50. The largest absolute Gasteiger partial charge is 1.00 e. The van der Waals surface area contributed by atoms with Crippen molar-refractivity contribution in [2.24, 2.45) is 0 Å².